The Morgan fingerprint density at radius 1 is 0.833 bits per heavy atom. The Balaban J connectivity index is 1.95. The van der Waals surface area contributed by atoms with E-state index in [-0.39, 0.29) is 11.9 Å². The van der Waals surface area contributed by atoms with Crippen molar-refractivity contribution in [1.82, 2.24) is 5.32 Å². The number of hydrogen-bond acceptors (Lipinski definition) is 2. The number of carbonyl (C=O) groups is 1. The number of nitrogens with two attached hydrogens (primary N) is 1. The molecule has 0 aliphatic heterocycles. The van der Waals surface area contributed by atoms with Crippen molar-refractivity contribution < 1.29 is 9.28 Å². The van der Waals surface area contributed by atoms with Gasteiger partial charge in [-0.1, -0.05) is 121 Å². The molecule has 0 bridgehead atoms. The summed E-state index contributed by atoms with van der Waals surface area (Å²) >= 11 is 0. The van der Waals surface area contributed by atoms with Gasteiger partial charge in [0.15, 0.2) is 0 Å². The van der Waals surface area contributed by atoms with Crippen LogP contribution in [0.25, 0.3) is 0 Å². The molecule has 0 spiro atoms. The van der Waals surface area contributed by atoms with Crippen LogP contribution in [0.3, 0.4) is 0 Å². The van der Waals surface area contributed by atoms with Gasteiger partial charge in [0, 0.05) is 19.0 Å². The molecular weight excluding hydrogens is 442 g/mol. The summed E-state index contributed by atoms with van der Waals surface area (Å²) in [5, 5.41) is 3.13. The van der Waals surface area contributed by atoms with Crippen molar-refractivity contribution in [2.45, 2.75) is 136 Å². The number of carbonyl (C=O) groups excluding carboxylic acids is 1. The molecule has 0 heterocycles. The zero-order chi connectivity index (χ0) is 26.7. The average molecular weight is 505 g/mol. The maximum absolute atomic E-state index is 12.7. The summed E-state index contributed by atoms with van der Waals surface area (Å²) in [6.07, 6.45) is 29.6. The Bertz CT molecular complexity index is 639. The minimum atomic E-state index is -0.641. The molecule has 2 unspecified atom stereocenters. The van der Waals surface area contributed by atoms with Gasteiger partial charge in [0.05, 0.1) is 32.6 Å². The SMILES string of the molecule is CCCCCCCCCCCCCCCCCC[N+](C)(C)CCCNC(=O)C1(C)C=CC(C)=CC1N. The second-order valence-electron chi connectivity index (χ2n) is 12.3. The molecule has 1 aliphatic rings. The molecule has 2 atom stereocenters. The fourth-order valence-electron chi connectivity index (χ4n) is 5.25. The van der Waals surface area contributed by atoms with Gasteiger partial charge in [0.2, 0.25) is 5.91 Å². The van der Waals surface area contributed by atoms with Crippen LogP contribution in [0, 0.1) is 5.41 Å². The summed E-state index contributed by atoms with van der Waals surface area (Å²) in [4.78, 5) is 12.7. The number of allylic oxidation sites excluding steroid dienone is 2. The van der Waals surface area contributed by atoms with Crippen LogP contribution >= 0.6 is 0 Å². The predicted octanol–water partition coefficient (Wildman–Crippen LogP) is 7.68. The van der Waals surface area contributed by atoms with Gasteiger partial charge in [-0.15, -0.1) is 0 Å². The number of quaternary nitrogens is 1. The first kappa shape index (κ1) is 32.9. The normalized spacial score (nSPS) is 19.9. The Morgan fingerprint density at radius 2 is 1.28 bits per heavy atom. The zero-order valence-corrected chi connectivity index (χ0v) is 24.9. The number of rotatable bonds is 22. The second-order valence-corrected chi connectivity index (χ2v) is 12.3. The standard InChI is InChI=1S/C32H61N3O/c1-6-7-8-9-10-11-12-13-14-15-16-17-18-19-20-21-26-35(4,5)27-22-25-34-31(36)32(3)24-23-29(2)28-30(32)33/h23-24,28,30H,6-22,25-27,33H2,1-5H3/p+1. The first-order valence-corrected chi connectivity index (χ1v) is 15.4. The number of amides is 1. The van der Waals surface area contributed by atoms with E-state index in [2.05, 4.69) is 26.3 Å². The van der Waals surface area contributed by atoms with Crippen LogP contribution in [-0.2, 0) is 4.79 Å². The highest BCUT2D eigenvalue weighted by Gasteiger charge is 2.37. The lowest BCUT2D eigenvalue weighted by Gasteiger charge is -2.33. The molecule has 0 radical (unpaired) electrons. The van der Waals surface area contributed by atoms with Gasteiger partial charge in [-0.2, -0.15) is 0 Å². The molecule has 0 aromatic rings. The summed E-state index contributed by atoms with van der Waals surface area (Å²) in [7, 11) is 4.64. The van der Waals surface area contributed by atoms with Crippen LogP contribution in [0.5, 0.6) is 0 Å². The van der Waals surface area contributed by atoms with Crippen molar-refractivity contribution >= 4 is 5.91 Å². The minimum Gasteiger partial charge on any atom is -0.355 e. The van der Waals surface area contributed by atoms with Crippen molar-refractivity contribution in [1.29, 1.82) is 0 Å². The molecule has 0 aromatic carbocycles. The highest BCUT2D eigenvalue weighted by Crippen LogP contribution is 2.28. The Labute approximate surface area is 225 Å². The van der Waals surface area contributed by atoms with Crippen LogP contribution in [0.15, 0.2) is 23.8 Å². The fraction of sp³-hybridized carbons (Fsp3) is 0.844. The minimum absolute atomic E-state index is 0.0399. The van der Waals surface area contributed by atoms with E-state index in [1.807, 2.05) is 32.1 Å². The Hall–Kier alpha value is -1.13. The third-order valence-electron chi connectivity index (χ3n) is 8.16. The van der Waals surface area contributed by atoms with Gasteiger partial charge in [-0.3, -0.25) is 4.79 Å². The zero-order valence-electron chi connectivity index (χ0n) is 24.9. The van der Waals surface area contributed by atoms with E-state index < -0.39 is 5.41 Å². The lowest BCUT2D eigenvalue weighted by molar-refractivity contribution is -0.890. The number of nitrogens with zero attached hydrogens (tertiary/aromatic N) is 1. The first-order valence-electron chi connectivity index (χ1n) is 15.4. The maximum Gasteiger partial charge on any atom is 0.231 e. The van der Waals surface area contributed by atoms with E-state index in [9.17, 15) is 4.79 Å². The number of nitrogens with one attached hydrogen (secondary N) is 1. The fourth-order valence-corrected chi connectivity index (χ4v) is 5.25. The molecule has 0 saturated carbocycles. The summed E-state index contributed by atoms with van der Waals surface area (Å²) < 4.78 is 1.03. The van der Waals surface area contributed by atoms with E-state index in [4.69, 9.17) is 5.73 Å². The van der Waals surface area contributed by atoms with Crippen LogP contribution in [0.2, 0.25) is 0 Å². The van der Waals surface area contributed by atoms with E-state index in [0.717, 1.165) is 29.6 Å². The maximum atomic E-state index is 12.7. The first-order chi connectivity index (χ1) is 17.2. The predicted molar refractivity (Wildman–Crippen MR) is 158 cm³/mol. The summed E-state index contributed by atoms with van der Waals surface area (Å²) in [5.41, 5.74) is 6.72. The van der Waals surface area contributed by atoms with Gasteiger partial charge >= 0.3 is 0 Å². The van der Waals surface area contributed by atoms with Gasteiger partial charge in [0.25, 0.3) is 0 Å². The molecule has 0 aromatic heterocycles. The van der Waals surface area contributed by atoms with Gasteiger partial charge in [0.1, 0.15) is 0 Å². The number of hydrogen-bond donors (Lipinski definition) is 2. The van der Waals surface area contributed by atoms with Gasteiger partial charge in [-0.25, -0.2) is 0 Å². The summed E-state index contributed by atoms with van der Waals surface area (Å²) in [5.74, 6) is 0.0399. The topological polar surface area (TPSA) is 55.1 Å². The van der Waals surface area contributed by atoms with E-state index in [0.29, 0.717) is 0 Å². The molecule has 1 aliphatic carbocycles. The van der Waals surface area contributed by atoms with Gasteiger partial charge < -0.3 is 15.5 Å². The van der Waals surface area contributed by atoms with E-state index >= 15 is 0 Å². The molecule has 4 heteroatoms. The molecule has 3 N–H and O–H groups in total. The molecule has 0 fully saturated rings. The van der Waals surface area contributed by atoms with Crippen molar-refractivity contribution in [3.8, 4) is 0 Å². The molecular formula is C32H62N3O+. The Kier molecular flexibility index (Phi) is 17.4. The van der Waals surface area contributed by atoms with Crippen LogP contribution in [0.1, 0.15) is 130 Å². The van der Waals surface area contributed by atoms with Crippen LogP contribution in [0.4, 0.5) is 0 Å². The number of unbranched alkanes of at least 4 members (excludes halogenated alkanes) is 15. The monoisotopic (exact) mass is 504 g/mol. The van der Waals surface area contributed by atoms with Crippen LogP contribution < -0.4 is 11.1 Å². The third-order valence-corrected chi connectivity index (χ3v) is 8.16. The van der Waals surface area contributed by atoms with Crippen molar-refractivity contribution in [2.75, 3.05) is 33.7 Å². The van der Waals surface area contributed by atoms with Crippen molar-refractivity contribution in [3.63, 3.8) is 0 Å². The summed E-state index contributed by atoms with van der Waals surface area (Å²) in [6.45, 7) is 9.29. The largest absolute Gasteiger partial charge is 0.355 e. The quantitative estimate of drug-likeness (QED) is 0.117. The smallest absolute Gasteiger partial charge is 0.231 e. The lowest BCUT2D eigenvalue weighted by Crippen LogP contribution is -2.50. The summed E-state index contributed by atoms with van der Waals surface area (Å²) in [6, 6.07) is -0.260. The molecule has 4 nitrogen and oxygen atoms in total. The highest BCUT2D eigenvalue weighted by molar-refractivity contribution is 5.86. The van der Waals surface area contributed by atoms with Crippen molar-refractivity contribution in [3.05, 3.63) is 23.8 Å². The molecule has 210 valence electrons. The highest BCUT2D eigenvalue weighted by atomic mass is 16.2. The van der Waals surface area contributed by atoms with Crippen molar-refractivity contribution in [2.24, 2.45) is 11.1 Å². The average Bonchev–Trinajstić information content (AvgIpc) is 2.84. The molecule has 1 amide bonds. The molecule has 1 rings (SSSR count). The Morgan fingerprint density at radius 3 is 1.75 bits per heavy atom. The van der Waals surface area contributed by atoms with Crippen LogP contribution in [-0.4, -0.2) is 50.2 Å². The third kappa shape index (κ3) is 14.6. The molecule has 36 heavy (non-hydrogen) atoms. The van der Waals surface area contributed by atoms with E-state index in [1.54, 1.807) is 0 Å². The molecule has 0 saturated heterocycles. The van der Waals surface area contributed by atoms with E-state index in [1.165, 1.54) is 109 Å². The second kappa shape index (κ2) is 19.0. The lowest BCUT2D eigenvalue weighted by atomic mass is 9.77. The van der Waals surface area contributed by atoms with Gasteiger partial charge in [-0.05, 0) is 26.7 Å².